The lowest BCUT2D eigenvalue weighted by molar-refractivity contribution is -0.357. The third-order valence-corrected chi connectivity index (χ3v) is 2.83. The van der Waals surface area contributed by atoms with Crippen LogP contribution in [0.3, 0.4) is 0 Å². The molecule has 1 aliphatic carbocycles. The first-order valence-electron chi connectivity index (χ1n) is 6.34. The summed E-state index contributed by atoms with van der Waals surface area (Å²) in [5.74, 6) is -0.581. The van der Waals surface area contributed by atoms with Crippen molar-refractivity contribution in [2.75, 3.05) is 6.61 Å². The van der Waals surface area contributed by atoms with Crippen molar-refractivity contribution in [3.8, 4) is 0 Å². The highest BCUT2D eigenvalue weighted by Crippen LogP contribution is 2.31. The molecule has 0 fully saturated rings. The number of hydrogen-bond acceptors (Lipinski definition) is 2. The third-order valence-electron chi connectivity index (χ3n) is 2.83. The monoisotopic (exact) mass is 264 g/mol. The van der Waals surface area contributed by atoms with Crippen LogP contribution in [0.1, 0.15) is 12.5 Å². The fraction of sp³-hybridized carbons (Fsp3) is 0.118. The number of nitrogens with zero attached hydrogens (tertiary/aromatic N) is 1. The van der Waals surface area contributed by atoms with E-state index in [1.165, 1.54) is 0 Å². The maximum Gasteiger partial charge on any atom is 0.216 e. The molecule has 100 valence electrons. The Hall–Kier alpha value is -2.73. The largest absolute Gasteiger partial charge is 0.623 e. The predicted molar refractivity (Wildman–Crippen MR) is 76.9 cm³/mol. The van der Waals surface area contributed by atoms with Gasteiger partial charge < -0.3 is 9.84 Å². The molecular formula is C17H14NO2-. The Morgan fingerprint density at radius 2 is 1.85 bits per heavy atom. The number of ether oxygens (including phenoxy) is 1. The number of rotatable bonds is 4. The maximum absolute atomic E-state index is 12.0. The normalized spacial score (nSPS) is 13.9. The first kappa shape index (κ1) is 13.7. The fourth-order valence-electron chi connectivity index (χ4n) is 1.99. The van der Waals surface area contributed by atoms with Crippen molar-refractivity contribution in [3.63, 3.8) is 0 Å². The van der Waals surface area contributed by atoms with Gasteiger partial charge in [0, 0.05) is 0 Å². The molecule has 0 N–H and O–H groups in total. The van der Waals surface area contributed by atoms with Gasteiger partial charge >= 0.3 is 0 Å². The highest BCUT2D eigenvalue weighted by molar-refractivity contribution is 5.86. The molecule has 0 saturated carbocycles. The molecule has 3 nitrogen and oxygen atoms in total. The van der Waals surface area contributed by atoms with Gasteiger partial charge in [-0.2, -0.15) is 0 Å². The zero-order valence-electron chi connectivity index (χ0n) is 11.2. The molecule has 20 heavy (non-hydrogen) atoms. The molecule has 3 heteroatoms. The van der Waals surface area contributed by atoms with Crippen LogP contribution in [0.2, 0.25) is 0 Å². The molecule has 0 saturated heterocycles. The summed E-state index contributed by atoms with van der Waals surface area (Å²) in [4.78, 5) is 3.39. The molecule has 0 amide bonds. The van der Waals surface area contributed by atoms with Crippen LogP contribution in [0.5, 0.6) is 0 Å². The van der Waals surface area contributed by atoms with Gasteiger partial charge in [-0.25, -0.2) is 4.85 Å². The Labute approximate surface area is 118 Å². The molecule has 0 aliphatic heterocycles. The van der Waals surface area contributed by atoms with Gasteiger partial charge in [0.1, 0.15) is 0 Å². The van der Waals surface area contributed by atoms with Gasteiger partial charge in [0.25, 0.3) is 0 Å². The first-order valence-corrected chi connectivity index (χ1v) is 6.34. The van der Waals surface area contributed by atoms with Crippen molar-refractivity contribution in [2.24, 2.45) is 0 Å². The molecular weight excluding hydrogens is 250 g/mol. The van der Waals surface area contributed by atoms with E-state index in [4.69, 9.17) is 11.3 Å². The Morgan fingerprint density at radius 3 is 2.40 bits per heavy atom. The SMILES string of the molecule is [C-]#[N+]/C(C(=C1C=CC=C1)c1ccccc1)=C(/[O-])OCC. The lowest BCUT2D eigenvalue weighted by Crippen LogP contribution is -2.11. The van der Waals surface area contributed by atoms with E-state index in [1.54, 1.807) is 6.92 Å². The summed E-state index contributed by atoms with van der Waals surface area (Å²) in [6.07, 6.45) is 7.52. The summed E-state index contributed by atoms with van der Waals surface area (Å²) >= 11 is 0. The third kappa shape index (κ3) is 2.81. The van der Waals surface area contributed by atoms with Crippen molar-refractivity contribution in [2.45, 2.75) is 6.92 Å². The van der Waals surface area contributed by atoms with Crippen LogP contribution in [0.15, 0.2) is 71.9 Å². The number of hydrogen-bond donors (Lipinski definition) is 0. The molecule has 2 rings (SSSR count). The summed E-state index contributed by atoms with van der Waals surface area (Å²) < 4.78 is 4.98. The maximum atomic E-state index is 12.0. The predicted octanol–water partition coefficient (Wildman–Crippen LogP) is 3.05. The average Bonchev–Trinajstić information content (AvgIpc) is 2.99. The molecule has 0 unspecified atom stereocenters. The fourth-order valence-corrected chi connectivity index (χ4v) is 1.99. The molecule has 0 aromatic heterocycles. The van der Waals surface area contributed by atoms with E-state index in [0.717, 1.165) is 11.1 Å². The standard InChI is InChI=1S/C17H15NO2/c1-3-20-17(19)16(18-2)15(14-11-7-8-12-14)13-9-5-4-6-10-13/h4-12,19H,3H2,1H3/p-1/b17-16-. The zero-order valence-corrected chi connectivity index (χ0v) is 11.2. The molecule has 1 aromatic carbocycles. The lowest BCUT2D eigenvalue weighted by atomic mass is 9.97. The number of allylic oxidation sites excluding steroid dienone is 6. The van der Waals surface area contributed by atoms with E-state index in [9.17, 15) is 5.11 Å². The van der Waals surface area contributed by atoms with E-state index < -0.39 is 5.95 Å². The van der Waals surface area contributed by atoms with E-state index in [-0.39, 0.29) is 12.3 Å². The highest BCUT2D eigenvalue weighted by Gasteiger charge is 2.14. The second-order valence-electron chi connectivity index (χ2n) is 4.10. The van der Waals surface area contributed by atoms with Gasteiger partial charge in [0.15, 0.2) is 0 Å². The van der Waals surface area contributed by atoms with Crippen LogP contribution in [-0.2, 0) is 4.74 Å². The molecule has 0 heterocycles. The van der Waals surface area contributed by atoms with E-state index in [2.05, 4.69) is 4.85 Å². The lowest BCUT2D eigenvalue weighted by Gasteiger charge is -2.18. The van der Waals surface area contributed by atoms with E-state index >= 15 is 0 Å². The Kier molecular flexibility index (Phi) is 4.41. The Balaban J connectivity index is 2.63. The van der Waals surface area contributed by atoms with Crippen LogP contribution in [0.25, 0.3) is 10.4 Å². The number of benzene rings is 1. The second kappa shape index (κ2) is 6.44. The summed E-state index contributed by atoms with van der Waals surface area (Å²) in [7, 11) is 0. The van der Waals surface area contributed by atoms with E-state index in [1.807, 2.05) is 54.6 Å². The minimum Gasteiger partial charge on any atom is -0.623 e. The topological polar surface area (TPSA) is 36.6 Å². The van der Waals surface area contributed by atoms with Crippen LogP contribution in [-0.4, -0.2) is 6.61 Å². The molecule has 1 aromatic rings. The molecule has 1 aliphatic rings. The van der Waals surface area contributed by atoms with Gasteiger partial charge in [-0.15, -0.1) is 0 Å². The second-order valence-corrected chi connectivity index (χ2v) is 4.10. The van der Waals surface area contributed by atoms with Crippen molar-refractivity contribution >= 4 is 5.57 Å². The van der Waals surface area contributed by atoms with Crippen molar-refractivity contribution in [3.05, 3.63) is 88.8 Å². The summed E-state index contributed by atoms with van der Waals surface area (Å²) in [6.45, 7) is 9.29. The van der Waals surface area contributed by atoms with Crippen molar-refractivity contribution in [1.29, 1.82) is 0 Å². The average molecular weight is 264 g/mol. The Morgan fingerprint density at radius 1 is 1.20 bits per heavy atom. The first-order chi connectivity index (χ1) is 9.77. The van der Waals surface area contributed by atoms with E-state index in [0.29, 0.717) is 5.57 Å². The quantitative estimate of drug-likeness (QED) is 0.619. The van der Waals surface area contributed by atoms with Gasteiger partial charge in [0.2, 0.25) is 5.70 Å². The van der Waals surface area contributed by atoms with Crippen molar-refractivity contribution < 1.29 is 9.84 Å². The molecule has 0 spiro atoms. The summed E-state index contributed by atoms with van der Waals surface area (Å²) in [6, 6.07) is 9.42. The summed E-state index contributed by atoms with van der Waals surface area (Å²) in [5.41, 5.74) is 2.31. The van der Waals surface area contributed by atoms with Gasteiger partial charge in [-0.3, -0.25) is 0 Å². The van der Waals surface area contributed by atoms with Gasteiger partial charge in [-0.1, -0.05) is 61.6 Å². The molecule has 0 bridgehead atoms. The minimum atomic E-state index is -0.581. The van der Waals surface area contributed by atoms with Crippen LogP contribution < -0.4 is 5.11 Å². The minimum absolute atomic E-state index is 0.0178. The smallest absolute Gasteiger partial charge is 0.216 e. The summed E-state index contributed by atoms with van der Waals surface area (Å²) in [5, 5.41) is 12.0. The molecule has 0 atom stereocenters. The van der Waals surface area contributed by atoms with Crippen molar-refractivity contribution in [1.82, 2.24) is 0 Å². The van der Waals surface area contributed by atoms with Crippen LogP contribution in [0.4, 0.5) is 0 Å². The van der Waals surface area contributed by atoms with Crippen LogP contribution in [0, 0.1) is 6.57 Å². The van der Waals surface area contributed by atoms with Crippen LogP contribution >= 0.6 is 0 Å². The molecule has 0 radical (unpaired) electrons. The van der Waals surface area contributed by atoms with Gasteiger partial charge in [0.05, 0.1) is 12.5 Å². The van der Waals surface area contributed by atoms with Gasteiger partial charge in [-0.05, 0) is 23.3 Å². The zero-order chi connectivity index (χ0) is 14.4. The highest BCUT2D eigenvalue weighted by atomic mass is 16.6. The Bertz CT molecular complexity index is 629.